The van der Waals surface area contributed by atoms with Gasteiger partial charge in [-0.1, -0.05) is 32.8 Å². The number of benzene rings is 1. The fourth-order valence-electron chi connectivity index (χ4n) is 2.07. The van der Waals surface area contributed by atoms with Crippen molar-refractivity contribution in [1.29, 1.82) is 0 Å². The molecule has 1 aromatic carbocycles. The van der Waals surface area contributed by atoms with Crippen LogP contribution in [-0.2, 0) is 11.2 Å². The van der Waals surface area contributed by atoms with Gasteiger partial charge in [-0.25, -0.2) is 0 Å². The minimum atomic E-state index is 0.140. The maximum atomic E-state index is 11.7. The lowest BCUT2D eigenvalue weighted by Crippen LogP contribution is -2.21. The van der Waals surface area contributed by atoms with Gasteiger partial charge in [0, 0.05) is 20.5 Å². The molecule has 1 amide bonds. The summed E-state index contributed by atoms with van der Waals surface area (Å²) in [6.45, 7) is 5.69. The van der Waals surface area contributed by atoms with E-state index in [1.807, 2.05) is 18.2 Å². The first-order valence-corrected chi connectivity index (χ1v) is 8.67. The van der Waals surface area contributed by atoms with E-state index in [1.165, 1.54) is 0 Å². The van der Waals surface area contributed by atoms with Crippen molar-refractivity contribution in [1.82, 2.24) is 4.90 Å². The van der Waals surface area contributed by atoms with Crippen LogP contribution in [0.5, 0.6) is 11.5 Å². The minimum absolute atomic E-state index is 0.140. The topological polar surface area (TPSA) is 38.8 Å². The minimum Gasteiger partial charge on any atom is -0.490 e. The van der Waals surface area contributed by atoms with E-state index >= 15 is 0 Å². The number of aryl methyl sites for hydroxylation is 1. The highest BCUT2D eigenvalue weighted by Crippen LogP contribution is 2.29. The first kappa shape index (κ1) is 19.3. The molecule has 0 fully saturated rings. The van der Waals surface area contributed by atoms with Crippen LogP contribution >= 0.6 is 0 Å². The molecule has 0 aliphatic rings. The fraction of sp³-hybridized carbons (Fsp3) is 0.632. The summed E-state index contributed by atoms with van der Waals surface area (Å²) < 4.78 is 11.7. The molecule has 0 aromatic heterocycles. The van der Waals surface area contributed by atoms with E-state index in [4.69, 9.17) is 9.47 Å². The monoisotopic (exact) mass is 321 g/mol. The molecule has 0 saturated heterocycles. The molecule has 0 aliphatic heterocycles. The lowest BCUT2D eigenvalue weighted by molar-refractivity contribution is -0.128. The third-order valence-electron chi connectivity index (χ3n) is 3.65. The highest BCUT2D eigenvalue weighted by molar-refractivity contribution is 5.75. The lowest BCUT2D eigenvalue weighted by Gasteiger charge is -2.15. The summed E-state index contributed by atoms with van der Waals surface area (Å²) in [4.78, 5) is 13.3. The van der Waals surface area contributed by atoms with Crippen molar-refractivity contribution in [3.63, 3.8) is 0 Å². The van der Waals surface area contributed by atoms with Gasteiger partial charge in [0.1, 0.15) is 0 Å². The molecule has 0 spiro atoms. The second-order valence-electron chi connectivity index (χ2n) is 5.97. The summed E-state index contributed by atoms with van der Waals surface area (Å²) in [6, 6.07) is 6.00. The second-order valence-corrected chi connectivity index (χ2v) is 5.97. The largest absolute Gasteiger partial charge is 0.490 e. The Bertz CT molecular complexity index is 472. The Labute approximate surface area is 140 Å². The van der Waals surface area contributed by atoms with Crippen LogP contribution in [-0.4, -0.2) is 38.1 Å². The number of hydrogen-bond acceptors (Lipinski definition) is 3. The van der Waals surface area contributed by atoms with Crippen LogP contribution in [0, 0.1) is 0 Å². The van der Waals surface area contributed by atoms with Crippen LogP contribution in [0.25, 0.3) is 0 Å². The van der Waals surface area contributed by atoms with E-state index in [0.29, 0.717) is 19.6 Å². The van der Waals surface area contributed by atoms with E-state index in [2.05, 4.69) is 13.8 Å². The van der Waals surface area contributed by atoms with E-state index < -0.39 is 0 Å². The van der Waals surface area contributed by atoms with Crippen LogP contribution in [0.15, 0.2) is 18.2 Å². The molecule has 0 heterocycles. The predicted octanol–water partition coefficient (Wildman–Crippen LogP) is 4.07. The average molecular weight is 321 g/mol. The quantitative estimate of drug-likeness (QED) is 0.577. The zero-order valence-corrected chi connectivity index (χ0v) is 15.1. The van der Waals surface area contributed by atoms with Crippen molar-refractivity contribution in [3.05, 3.63) is 23.8 Å². The van der Waals surface area contributed by atoms with Crippen molar-refractivity contribution in [2.75, 3.05) is 27.3 Å². The molecule has 1 rings (SSSR count). The first-order valence-electron chi connectivity index (χ1n) is 8.67. The molecule has 23 heavy (non-hydrogen) atoms. The maximum Gasteiger partial charge on any atom is 0.222 e. The van der Waals surface area contributed by atoms with Gasteiger partial charge < -0.3 is 14.4 Å². The molecule has 0 saturated carbocycles. The van der Waals surface area contributed by atoms with Crippen molar-refractivity contribution in [3.8, 4) is 11.5 Å². The van der Waals surface area contributed by atoms with E-state index in [0.717, 1.165) is 49.2 Å². The van der Waals surface area contributed by atoms with Gasteiger partial charge in [0.2, 0.25) is 5.91 Å². The van der Waals surface area contributed by atoms with Crippen LogP contribution in [0.2, 0.25) is 0 Å². The normalized spacial score (nSPS) is 10.4. The van der Waals surface area contributed by atoms with Crippen LogP contribution in [0.4, 0.5) is 0 Å². The number of carbonyl (C=O) groups excluding carboxylic acids is 1. The zero-order valence-electron chi connectivity index (χ0n) is 15.1. The highest BCUT2D eigenvalue weighted by atomic mass is 16.5. The van der Waals surface area contributed by atoms with Crippen molar-refractivity contribution in [2.45, 2.75) is 52.4 Å². The molecular formula is C19H31NO3. The number of hydrogen-bond donors (Lipinski definition) is 0. The highest BCUT2D eigenvalue weighted by Gasteiger charge is 2.09. The van der Waals surface area contributed by atoms with E-state index in [9.17, 15) is 4.79 Å². The van der Waals surface area contributed by atoms with Crippen molar-refractivity contribution >= 4 is 5.91 Å². The smallest absolute Gasteiger partial charge is 0.222 e. The molecule has 0 aliphatic carbocycles. The molecule has 0 atom stereocenters. The summed E-state index contributed by atoms with van der Waals surface area (Å²) in [6.07, 6.45) is 5.50. The summed E-state index contributed by atoms with van der Waals surface area (Å²) in [5, 5.41) is 0. The van der Waals surface area contributed by atoms with Gasteiger partial charge >= 0.3 is 0 Å². The Kier molecular flexibility index (Phi) is 9.18. The number of amides is 1. The fourth-order valence-corrected chi connectivity index (χ4v) is 2.07. The SMILES string of the molecule is CCCCOc1ccc(CCC(=O)N(C)C)cc1OCCCC. The third-order valence-corrected chi connectivity index (χ3v) is 3.65. The predicted molar refractivity (Wildman–Crippen MR) is 94.3 cm³/mol. The number of unbranched alkanes of at least 4 members (excludes halogenated alkanes) is 2. The Morgan fingerprint density at radius 2 is 1.61 bits per heavy atom. The maximum absolute atomic E-state index is 11.7. The summed E-state index contributed by atoms with van der Waals surface area (Å²) in [5.41, 5.74) is 1.11. The zero-order chi connectivity index (χ0) is 17.1. The number of nitrogens with zero attached hydrogens (tertiary/aromatic N) is 1. The third kappa shape index (κ3) is 7.40. The molecule has 4 nitrogen and oxygen atoms in total. The Morgan fingerprint density at radius 1 is 1.00 bits per heavy atom. The van der Waals surface area contributed by atoms with Gasteiger partial charge in [-0.2, -0.15) is 0 Å². The van der Waals surface area contributed by atoms with Crippen LogP contribution in [0.1, 0.15) is 51.5 Å². The molecule has 0 unspecified atom stereocenters. The van der Waals surface area contributed by atoms with Gasteiger partial charge in [-0.05, 0) is 37.0 Å². The lowest BCUT2D eigenvalue weighted by atomic mass is 10.1. The summed E-state index contributed by atoms with van der Waals surface area (Å²) in [5.74, 6) is 1.74. The van der Waals surface area contributed by atoms with Gasteiger partial charge in [-0.15, -0.1) is 0 Å². The Balaban J connectivity index is 2.72. The first-order chi connectivity index (χ1) is 11.1. The van der Waals surface area contributed by atoms with E-state index in [1.54, 1.807) is 19.0 Å². The van der Waals surface area contributed by atoms with Crippen molar-refractivity contribution in [2.24, 2.45) is 0 Å². The van der Waals surface area contributed by atoms with Gasteiger partial charge in [0.05, 0.1) is 13.2 Å². The second kappa shape index (κ2) is 10.9. The van der Waals surface area contributed by atoms with E-state index in [-0.39, 0.29) is 5.91 Å². The number of ether oxygens (including phenoxy) is 2. The van der Waals surface area contributed by atoms with Crippen molar-refractivity contribution < 1.29 is 14.3 Å². The molecule has 0 bridgehead atoms. The number of carbonyl (C=O) groups is 1. The van der Waals surface area contributed by atoms with Gasteiger partial charge in [0.15, 0.2) is 11.5 Å². The molecular weight excluding hydrogens is 290 g/mol. The molecule has 0 radical (unpaired) electrons. The molecule has 4 heteroatoms. The Hall–Kier alpha value is -1.71. The number of rotatable bonds is 11. The average Bonchev–Trinajstić information content (AvgIpc) is 2.54. The molecule has 0 N–H and O–H groups in total. The van der Waals surface area contributed by atoms with Crippen LogP contribution < -0.4 is 9.47 Å². The molecule has 1 aromatic rings. The van der Waals surface area contributed by atoms with Crippen LogP contribution in [0.3, 0.4) is 0 Å². The molecule has 130 valence electrons. The summed E-state index contributed by atoms with van der Waals surface area (Å²) >= 11 is 0. The Morgan fingerprint density at radius 3 is 2.17 bits per heavy atom. The summed E-state index contributed by atoms with van der Waals surface area (Å²) in [7, 11) is 3.57. The van der Waals surface area contributed by atoms with Gasteiger partial charge in [0.25, 0.3) is 0 Å². The standard InChI is InChI=1S/C19H31NO3/c1-5-7-13-22-17-11-9-16(10-12-19(21)20(3)4)15-18(17)23-14-8-6-2/h9,11,15H,5-8,10,12-14H2,1-4H3. The van der Waals surface area contributed by atoms with Gasteiger partial charge in [-0.3, -0.25) is 4.79 Å².